The molecule has 27 heavy (non-hydrogen) atoms. The van der Waals surface area contributed by atoms with Gasteiger partial charge in [-0.05, 0) is 48.9 Å². The highest BCUT2D eigenvalue weighted by Crippen LogP contribution is 2.32. The van der Waals surface area contributed by atoms with E-state index < -0.39 is 9.84 Å². The molecule has 1 saturated heterocycles. The third kappa shape index (κ3) is 3.74. The van der Waals surface area contributed by atoms with E-state index in [4.69, 9.17) is 10.5 Å². The van der Waals surface area contributed by atoms with Crippen LogP contribution < -0.4 is 10.5 Å². The summed E-state index contributed by atoms with van der Waals surface area (Å²) in [5, 5.41) is 0. The van der Waals surface area contributed by atoms with Gasteiger partial charge in [0.2, 0.25) is 0 Å². The highest BCUT2D eigenvalue weighted by atomic mass is 32.2. The molecule has 1 aliphatic heterocycles. The van der Waals surface area contributed by atoms with Gasteiger partial charge in [-0.25, -0.2) is 8.42 Å². The van der Waals surface area contributed by atoms with Crippen LogP contribution in [-0.4, -0.2) is 44.4 Å². The zero-order valence-electron chi connectivity index (χ0n) is 15.5. The Morgan fingerprint density at radius 3 is 2.33 bits per heavy atom. The van der Waals surface area contributed by atoms with E-state index in [2.05, 4.69) is 29.2 Å². The van der Waals surface area contributed by atoms with Crippen LogP contribution in [0.4, 0.5) is 0 Å². The summed E-state index contributed by atoms with van der Waals surface area (Å²) in [6.07, 6.45) is 4.76. The van der Waals surface area contributed by atoms with Gasteiger partial charge in [0.25, 0.3) is 0 Å². The van der Waals surface area contributed by atoms with Crippen LogP contribution in [0.1, 0.15) is 24.0 Å². The van der Waals surface area contributed by atoms with Crippen LogP contribution in [-0.2, 0) is 22.7 Å². The largest absolute Gasteiger partial charge is 0.472 e. The molecule has 2 unspecified atom stereocenters. The van der Waals surface area contributed by atoms with Crippen molar-refractivity contribution in [2.24, 2.45) is 5.73 Å². The summed E-state index contributed by atoms with van der Waals surface area (Å²) >= 11 is 0. The molecule has 4 rings (SSSR count). The molecule has 1 heterocycles. The van der Waals surface area contributed by atoms with E-state index in [9.17, 15) is 8.42 Å². The molecule has 1 fully saturated rings. The van der Waals surface area contributed by atoms with Crippen molar-refractivity contribution in [3.63, 3.8) is 0 Å². The zero-order valence-corrected chi connectivity index (χ0v) is 16.4. The van der Waals surface area contributed by atoms with Crippen LogP contribution in [0.2, 0.25) is 0 Å². The maximum Gasteiger partial charge on any atom is 0.179 e. The van der Waals surface area contributed by atoms with E-state index in [1.807, 2.05) is 0 Å². The van der Waals surface area contributed by atoms with Crippen LogP contribution in [0.3, 0.4) is 0 Å². The topological polar surface area (TPSA) is 72.6 Å². The average Bonchev–Trinajstić information content (AvgIpc) is 3.07. The molecule has 1 aliphatic carbocycles. The zero-order chi connectivity index (χ0) is 19.0. The third-order valence-corrected chi connectivity index (χ3v) is 6.78. The van der Waals surface area contributed by atoms with Crippen molar-refractivity contribution < 1.29 is 13.2 Å². The summed E-state index contributed by atoms with van der Waals surface area (Å²) in [4.78, 5) is 2.56. The van der Waals surface area contributed by atoms with E-state index in [0.717, 1.165) is 32.2 Å². The first kappa shape index (κ1) is 18.5. The number of sulfone groups is 1. The lowest BCUT2D eigenvalue weighted by atomic mass is 10.0. The first-order chi connectivity index (χ1) is 12.9. The standard InChI is InChI=1S/C21H26N2O3S/c1-27(24,25)20-11-5-4-10-19(20)26-21-18(22)9-6-12-23(21)17-13-15-7-2-3-8-16(15)14-17/h2-5,7-8,10-11,17-18,21H,6,9,12-14,22H2,1H3. The van der Waals surface area contributed by atoms with Crippen molar-refractivity contribution in [2.75, 3.05) is 12.8 Å². The Morgan fingerprint density at radius 2 is 1.67 bits per heavy atom. The normalized spacial score (nSPS) is 23.9. The molecule has 0 aromatic heterocycles. The molecule has 2 N–H and O–H groups in total. The number of ether oxygens (including phenoxy) is 1. The number of benzene rings is 2. The van der Waals surface area contributed by atoms with Gasteiger partial charge in [-0.15, -0.1) is 0 Å². The van der Waals surface area contributed by atoms with Gasteiger partial charge in [-0.3, -0.25) is 4.90 Å². The molecule has 0 saturated carbocycles. The lowest BCUT2D eigenvalue weighted by Crippen LogP contribution is -2.58. The SMILES string of the molecule is CS(=O)(=O)c1ccccc1OC1C(N)CCCN1C1Cc2ccccc2C1. The molecule has 5 nitrogen and oxygen atoms in total. The Balaban J connectivity index is 1.61. The average molecular weight is 387 g/mol. The number of para-hydroxylation sites is 1. The van der Waals surface area contributed by atoms with E-state index >= 15 is 0 Å². The molecule has 2 atom stereocenters. The predicted molar refractivity (Wildman–Crippen MR) is 106 cm³/mol. The van der Waals surface area contributed by atoms with Crippen molar-refractivity contribution >= 4 is 9.84 Å². The molecule has 0 bridgehead atoms. The quantitative estimate of drug-likeness (QED) is 0.873. The fourth-order valence-electron chi connectivity index (χ4n) is 4.32. The highest BCUT2D eigenvalue weighted by Gasteiger charge is 2.38. The number of likely N-dealkylation sites (tertiary alicyclic amines) is 1. The first-order valence-electron chi connectivity index (χ1n) is 9.47. The summed E-state index contributed by atoms with van der Waals surface area (Å²) in [5.74, 6) is 0.392. The van der Waals surface area contributed by atoms with E-state index in [0.29, 0.717) is 11.8 Å². The second-order valence-corrected chi connectivity index (χ2v) is 9.59. The molecular formula is C21H26N2O3S. The van der Waals surface area contributed by atoms with Gasteiger partial charge >= 0.3 is 0 Å². The van der Waals surface area contributed by atoms with E-state index in [1.165, 1.54) is 17.4 Å². The lowest BCUT2D eigenvalue weighted by molar-refractivity contribution is -0.0443. The minimum absolute atomic E-state index is 0.143. The van der Waals surface area contributed by atoms with Gasteiger partial charge in [0.1, 0.15) is 10.6 Å². The fraction of sp³-hybridized carbons (Fsp3) is 0.429. The number of nitrogens with zero attached hydrogens (tertiary/aromatic N) is 1. The Kier molecular flexibility index (Phi) is 4.97. The summed E-state index contributed by atoms with van der Waals surface area (Å²) < 4.78 is 30.5. The predicted octanol–water partition coefficient (Wildman–Crippen LogP) is 2.39. The number of fused-ring (bicyclic) bond motifs is 1. The number of hydrogen-bond acceptors (Lipinski definition) is 5. The molecule has 144 valence electrons. The Morgan fingerprint density at radius 1 is 1.04 bits per heavy atom. The van der Waals surface area contributed by atoms with Gasteiger partial charge in [0.15, 0.2) is 16.1 Å². The highest BCUT2D eigenvalue weighted by molar-refractivity contribution is 7.90. The van der Waals surface area contributed by atoms with Crippen LogP contribution in [0.5, 0.6) is 5.75 Å². The second-order valence-electron chi connectivity index (χ2n) is 7.60. The Bertz CT molecular complexity index is 904. The lowest BCUT2D eigenvalue weighted by Gasteiger charge is -2.42. The van der Waals surface area contributed by atoms with E-state index in [-0.39, 0.29) is 17.2 Å². The molecule has 0 amide bonds. The summed E-state index contributed by atoms with van der Waals surface area (Å²) in [5.41, 5.74) is 9.21. The van der Waals surface area contributed by atoms with Crippen molar-refractivity contribution in [3.05, 3.63) is 59.7 Å². The number of hydrogen-bond donors (Lipinski definition) is 1. The van der Waals surface area contributed by atoms with Crippen molar-refractivity contribution in [1.82, 2.24) is 4.90 Å². The number of rotatable bonds is 4. The maximum atomic E-state index is 12.1. The smallest absolute Gasteiger partial charge is 0.179 e. The molecule has 2 aromatic rings. The van der Waals surface area contributed by atoms with Gasteiger partial charge < -0.3 is 10.5 Å². The molecule has 2 aliphatic rings. The van der Waals surface area contributed by atoms with Crippen LogP contribution in [0.15, 0.2) is 53.4 Å². The van der Waals surface area contributed by atoms with Crippen LogP contribution in [0, 0.1) is 0 Å². The number of nitrogens with two attached hydrogens (primary N) is 1. The number of piperidine rings is 1. The maximum absolute atomic E-state index is 12.1. The summed E-state index contributed by atoms with van der Waals surface area (Å²) in [6, 6.07) is 15.6. The van der Waals surface area contributed by atoms with Crippen LogP contribution in [0.25, 0.3) is 0 Å². The minimum Gasteiger partial charge on any atom is -0.472 e. The summed E-state index contributed by atoms with van der Waals surface area (Å²) in [7, 11) is -3.37. The molecule has 2 aromatic carbocycles. The molecular weight excluding hydrogens is 360 g/mol. The van der Waals surface area contributed by atoms with Crippen LogP contribution >= 0.6 is 0 Å². The first-order valence-corrected chi connectivity index (χ1v) is 11.4. The van der Waals surface area contributed by atoms with Crippen molar-refractivity contribution in [3.8, 4) is 5.75 Å². The summed E-state index contributed by atoms with van der Waals surface area (Å²) in [6.45, 7) is 0.915. The molecule has 0 radical (unpaired) electrons. The third-order valence-electron chi connectivity index (χ3n) is 5.64. The van der Waals surface area contributed by atoms with E-state index in [1.54, 1.807) is 24.3 Å². The molecule has 6 heteroatoms. The Labute approximate surface area is 161 Å². The molecule has 0 spiro atoms. The van der Waals surface area contributed by atoms with Crippen molar-refractivity contribution in [2.45, 2.75) is 48.9 Å². The van der Waals surface area contributed by atoms with Gasteiger partial charge in [-0.1, -0.05) is 36.4 Å². The second kappa shape index (κ2) is 7.26. The van der Waals surface area contributed by atoms with Gasteiger partial charge in [-0.2, -0.15) is 0 Å². The minimum atomic E-state index is -3.37. The van der Waals surface area contributed by atoms with Gasteiger partial charge in [0.05, 0.1) is 6.04 Å². The monoisotopic (exact) mass is 386 g/mol. The fourth-order valence-corrected chi connectivity index (χ4v) is 5.13. The Hall–Kier alpha value is -1.89. The van der Waals surface area contributed by atoms with Crippen molar-refractivity contribution in [1.29, 1.82) is 0 Å². The van der Waals surface area contributed by atoms with Gasteiger partial charge in [0, 0.05) is 18.8 Å².